The first-order valence-corrected chi connectivity index (χ1v) is 12.7. The third-order valence-electron chi connectivity index (χ3n) is 5.96. The first-order valence-electron chi connectivity index (χ1n) is 10.5. The lowest BCUT2D eigenvalue weighted by Crippen LogP contribution is -2.28. The average molecular weight is 457 g/mol. The molecule has 2 heterocycles. The fourth-order valence-electron chi connectivity index (χ4n) is 4.36. The van der Waals surface area contributed by atoms with Gasteiger partial charge < -0.3 is 4.57 Å². The van der Waals surface area contributed by atoms with Crippen LogP contribution < -0.4 is 0 Å². The van der Waals surface area contributed by atoms with Crippen LogP contribution in [0.2, 0.25) is 0 Å². The molecule has 1 aromatic heterocycles. The van der Waals surface area contributed by atoms with E-state index in [9.17, 15) is 8.42 Å². The summed E-state index contributed by atoms with van der Waals surface area (Å²) in [5, 5.41) is 4.77. The topological polar surface area (TPSA) is 60.1 Å². The second-order valence-corrected chi connectivity index (χ2v) is 10.9. The van der Waals surface area contributed by atoms with Gasteiger partial charge in [0.15, 0.2) is 14.6 Å². The molecule has 1 atom stereocenters. The molecular formula is C23H28N4O2S2. The molecule has 3 aromatic rings. The highest BCUT2D eigenvalue weighted by molar-refractivity contribution is 7.91. The summed E-state index contributed by atoms with van der Waals surface area (Å²) in [4.78, 5) is 2.23. The van der Waals surface area contributed by atoms with Crippen LogP contribution in [0, 0.1) is 10.7 Å². The van der Waals surface area contributed by atoms with E-state index in [1.54, 1.807) is 0 Å². The number of aromatic nitrogens is 3. The van der Waals surface area contributed by atoms with Crippen LogP contribution in [0.15, 0.2) is 60.7 Å². The maximum Gasteiger partial charge on any atom is 0.198 e. The van der Waals surface area contributed by atoms with E-state index in [-0.39, 0.29) is 23.5 Å². The zero-order valence-electron chi connectivity index (χ0n) is 17.9. The molecule has 2 aromatic carbocycles. The molecule has 31 heavy (non-hydrogen) atoms. The number of hydrogen-bond acceptors (Lipinski definition) is 5. The Morgan fingerprint density at radius 2 is 1.68 bits per heavy atom. The van der Waals surface area contributed by atoms with E-state index in [1.807, 2.05) is 28.4 Å². The van der Waals surface area contributed by atoms with Gasteiger partial charge in [0.25, 0.3) is 0 Å². The molecule has 0 radical (unpaired) electrons. The third-order valence-corrected chi connectivity index (χ3v) is 8.28. The molecule has 0 amide bonds. The van der Waals surface area contributed by atoms with Crippen LogP contribution in [-0.4, -0.2) is 46.2 Å². The molecule has 0 saturated carbocycles. The van der Waals surface area contributed by atoms with Gasteiger partial charge in [-0.25, -0.2) is 13.1 Å². The van der Waals surface area contributed by atoms with Gasteiger partial charge in [0, 0.05) is 13.5 Å². The monoisotopic (exact) mass is 456 g/mol. The van der Waals surface area contributed by atoms with Crippen molar-refractivity contribution in [2.75, 3.05) is 18.6 Å². The number of sulfone groups is 1. The summed E-state index contributed by atoms with van der Waals surface area (Å²) in [5.41, 5.74) is 2.41. The van der Waals surface area contributed by atoms with Crippen molar-refractivity contribution in [2.45, 2.75) is 25.6 Å². The third kappa shape index (κ3) is 4.97. The molecular weight excluding hydrogens is 428 g/mol. The normalized spacial score (nSPS) is 18.1. The van der Waals surface area contributed by atoms with Crippen LogP contribution in [0.5, 0.6) is 0 Å². The van der Waals surface area contributed by atoms with Gasteiger partial charge in [-0.3, -0.25) is 4.90 Å². The van der Waals surface area contributed by atoms with Crippen molar-refractivity contribution < 1.29 is 8.42 Å². The Morgan fingerprint density at radius 3 is 2.19 bits per heavy atom. The zero-order chi connectivity index (χ0) is 22.0. The van der Waals surface area contributed by atoms with Crippen LogP contribution >= 0.6 is 12.2 Å². The van der Waals surface area contributed by atoms with Crippen molar-refractivity contribution in [1.29, 1.82) is 0 Å². The van der Waals surface area contributed by atoms with Gasteiger partial charge in [0.1, 0.15) is 5.82 Å². The average Bonchev–Trinajstić information content (AvgIpc) is 3.23. The van der Waals surface area contributed by atoms with Crippen molar-refractivity contribution in [3.63, 3.8) is 0 Å². The SMILES string of the molecule is CN(Cn1nc(CC2CCS(=O)(=O)C2)n(C)c1=S)C(c1ccccc1)c1ccccc1. The lowest BCUT2D eigenvalue weighted by Gasteiger charge is -2.28. The molecule has 6 nitrogen and oxygen atoms in total. The van der Waals surface area contributed by atoms with E-state index in [0.29, 0.717) is 24.3 Å². The van der Waals surface area contributed by atoms with Crippen LogP contribution in [0.4, 0.5) is 0 Å². The Hall–Kier alpha value is -2.29. The van der Waals surface area contributed by atoms with Crippen molar-refractivity contribution in [3.8, 4) is 0 Å². The minimum Gasteiger partial charge on any atom is -0.307 e. The van der Waals surface area contributed by atoms with Crippen molar-refractivity contribution in [3.05, 3.63) is 82.4 Å². The molecule has 8 heteroatoms. The van der Waals surface area contributed by atoms with E-state index >= 15 is 0 Å². The standard InChI is InChI=1S/C23H28N4O2S2/c1-25(22(19-9-5-3-6-10-19)20-11-7-4-8-12-20)17-27-23(30)26(2)21(24-27)15-18-13-14-31(28,29)16-18/h3-12,18,22H,13-17H2,1-2H3. The van der Waals surface area contributed by atoms with E-state index in [2.05, 4.69) is 60.5 Å². The summed E-state index contributed by atoms with van der Waals surface area (Å²) in [6.07, 6.45) is 1.34. The summed E-state index contributed by atoms with van der Waals surface area (Å²) in [6.45, 7) is 0.532. The van der Waals surface area contributed by atoms with E-state index in [0.717, 1.165) is 5.82 Å². The fourth-order valence-corrected chi connectivity index (χ4v) is 6.42. The summed E-state index contributed by atoms with van der Waals surface area (Å²) in [6, 6.07) is 20.9. The minimum atomic E-state index is -2.90. The fraction of sp³-hybridized carbons (Fsp3) is 0.391. The Kier molecular flexibility index (Phi) is 6.41. The van der Waals surface area contributed by atoms with Gasteiger partial charge in [0.05, 0.1) is 24.2 Å². The van der Waals surface area contributed by atoms with Crippen molar-refractivity contribution in [1.82, 2.24) is 19.2 Å². The second-order valence-electron chi connectivity index (χ2n) is 8.35. The van der Waals surface area contributed by atoms with Gasteiger partial charge in [-0.05, 0) is 42.7 Å². The number of nitrogens with zero attached hydrogens (tertiary/aromatic N) is 4. The number of rotatable bonds is 7. The maximum absolute atomic E-state index is 11.8. The van der Waals surface area contributed by atoms with Crippen LogP contribution in [0.25, 0.3) is 0 Å². The largest absolute Gasteiger partial charge is 0.307 e. The first kappa shape index (κ1) is 21.9. The Morgan fingerprint density at radius 1 is 1.10 bits per heavy atom. The predicted octanol–water partition coefficient (Wildman–Crippen LogP) is 3.61. The molecule has 1 unspecified atom stereocenters. The molecule has 1 aliphatic heterocycles. The molecule has 164 valence electrons. The summed E-state index contributed by atoms with van der Waals surface area (Å²) in [5.74, 6) is 1.49. The zero-order valence-corrected chi connectivity index (χ0v) is 19.5. The Labute approximate surface area is 189 Å². The highest BCUT2D eigenvalue weighted by atomic mass is 32.2. The van der Waals surface area contributed by atoms with Crippen molar-refractivity contribution >= 4 is 22.1 Å². The van der Waals surface area contributed by atoms with E-state index < -0.39 is 9.84 Å². The maximum atomic E-state index is 11.8. The highest BCUT2D eigenvalue weighted by Gasteiger charge is 2.29. The molecule has 1 aliphatic rings. The molecule has 0 aliphatic carbocycles. The number of hydrogen-bond donors (Lipinski definition) is 0. The van der Waals surface area contributed by atoms with E-state index in [4.69, 9.17) is 17.3 Å². The van der Waals surface area contributed by atoms with Gasteiger partial charge >= 0.3 is 0 Å². The van der Waals surface area contributed by atoms with E-state index in [1.165, 1.54) is 11.1 Å². The van der Waals surface area contributed by atoms with Gasteiger partial charge in [-0.1, -0.05) is 60.7 Å². The summed E-state index contributed by atoms with van der Waals surface area (Å²) in [7, 11) is 1.09. The Bertz CT molecular complexity index is 1150. The molecule has 1 saturated heterocycles. The molecule has 0 spiro atoms. The number of benzene rings is 2. The molecule has 0 bridgehead atoms. The summed E-state index contributed by atoms with van der Waals surface area (Å²) >= 11 is 5.66. The van der Waals surface area contributed by atoms with Gasteiger partial charge in [-0.2, -0.15) is 5.10 Å². The molecule has 1 fully saturated rings. The second kappa shape index (κ2) is 9.06. The lowest BCUT2D eigenvalue weighted by atomic mass is 9.98. The highest BCUT2D eigenvalue weighted by Crippen LogP contribution is 2.28. The predicted molar refractivity (Wildman–Crippen MR) is 125 cm³/mol. The van der Waals surface area contributed by atoms with Crippen LogP contribution in [-0.2, 0) is 30.0 Å². The van der Waals surface area contributed by atoms with Crippen molar-refractivity contribution in [2.24, 2.45) is 13.0 Å². The quantitative estimate of drug-likeness (QED) is 0.509. The molecule has 0 N–H and O–H groups in total. The van der Waals surface area contributed by atoms with Gasteiger partial charge in [-0.15, -0.1) is 0 Å². The smallest absolute Gasteiger partial charge is 0.198 e. The Balaban J connectivity index is 1.58. The summed E-state index contributed by atoms with van der Waals surface area (Å²) < 4.78 is 28.0. The lowest BCUT2D eigenvalue weighted by molar-refractivity contribution is 0.207. The molecule has 4 rings (SSSR count). The van der Waals surface area contributed by atoms with Crippen LogP contribution in [0.3, 0.4) is 0 Å². The first-order chi connectivity index (χ1) is 14.8. The van der Waals surface area contributed by atoms with Crippen LogP contribution in [0.1, 0.15) is 29.4 Å². The van der Waals surface area contributed by atoms with Gasteiger partial charge in [0.2, 0.25) is 0 Å². The minimum absolute atomic E-state index is 0.0646.